The highest BCUT2D eigenvalue weighted by atomic mass is 16.1. The van der Waals surface area contributed by atoms with Gasteiger partial charge in [0.15, 0.2) is 12.1 Å². The Morgan fingerprint density at radius 2 is 2.36 bits per heavy atom. The Morgan fingerprint density at radius 1 is 1.50 bits per heavy atom. The van der Waals surface area contributed by atoms with Crippen LogP contribution in [0, 0.1) is 0 Å². The maximum absolute atomic E-state index is 10.6. The van der Waals surface area contributed by atoms with E-state index in [9.17, 15) is 4.79 Å². The number of nitrogens with zero attached hydrogens (tertiary/aromatic N) is 5. The lowest BCUT2D eigenvalue weighted by atomic mass is 10.5. The van der Waals surface area contributed by atoms with Crippen molar-refractivity contribution in [1.29, 1.82) is 0 Å². The number of carbonyl (C=O) groups excluding carboxylic acids is 1. The standard InChI is InChI=1S/C8H9N5O/c1-12-6-10-8(11-12)3-13-5-9-2-7(13)4-14/h2,4-6H,3H2,1H3. The first-order chi connectivity index (χ1) is 6.79. The normalized spacial score (nSPS) is 10.4. The van der Waals surface area contributed by atoms with Gasteiger partial charge in [-0.15, -0.1) is 0 Å². The van der Waals surface area contributed by atoms with Crippen LogP contribution in [-0.4, -0.2) is 30.6 Å². The summed E-state index contributed by atoms with van der Waals surface area (Å²) in [5, 5.41) is 4.10. The lowest BCUT2D eigenvalue weighted by Gasteiger charge is -1.98. The highest BCUT2D eigenvalue weighted by Crippen LogP contribution is 1.99. The minimum atomic E-state index is 0.467. The molecule has 0 N–H and O–H groups in total. The summed E-state index contributed by atoms with van der Waals surface area (Å²) >= 11 is 0. The lowest BCUT2D eigenvalue weighted by molar-refractivity contribution is 0.111. The van der Waals surface area contributed by atoms with Crippen molar-refractivity contribution in [3.05, 3.63) is 30.4 Å². The smallest absolute Gasteiger partial charge is 0.170 e. The van der Waals surface area contributed by atoms with Crippen molar-refractivity contribution < 1.29 is 4.79 Å². The second kappa shape index (κ2) is 3.41. The van der Waals surface area contributed by atoms with E-state index in [0.29, 0.717) is 18.1 Å². The van der Waals surface area contributed by atoms with Crippen molar-refractivity contribution in [3.8, 4) is 0 Å². The summed E-state index contributed by atoms with van der Waals surface area (Å²) in [5.74, 6) is 0.661. The van der Waals surface area contributed by atoms with Crippen LogP contribution < -0.4 is 0 Å². The first kappa shape index (κ1) is 8.61. The van der Waals surface area contributed by atoms with Gasteiger partial charge < -0.3 is 4.57 Å². The maximum Gasteiger partial charge on any atom is 0.170 e. The Morgan fingerprint density at radius 3 is 3.00 bits per heavy atom. The van der Waals surface area contributed by atoms with Gasteiger partial charge in [0.1, 0.15) is 12.0 Å². The first-order valence-corrected chi connectivity index (χ1v) is 4.09. The van der Waals surface area contributed by atoms with Crippen LogP contribution in [0.1, 0.15) is 16.3 Å². The van der Waals surface area contributed by atoms with Crippen molar-refractivity contribution in [2.24, 2.45) is 7.05 Å². The van der Waals surface area contributed by atoms with Gasteiger partial charge in [-0.1, -0.05) is 0 Å². The molecule has 2 heterocycles. The van der Waals surface area contributed by atoms with E-state index in [-0.39, 0.29) is 0 Å². The zero-order chi connectivity index (χ0) is 9.97. The molecule has 0 saturated heterocycles. The third kappa shape index (κ3) is 1.54. The number of aromatic nitrogens is 5. The number of aldehydes is 1. The minimum Gasteiger partial charge on any atom is -0.321 e. The molecule has 0 aromatic carbocycles. The number of aryl methyl sites for hydroxylation is 1. The Balaban J connectivity index is 2.22. The van der Waals surface area contributed by atoms with Crippen molar-refractivity contribution >= 4 is 6.29 Å². The Bertz CT molecular complexity index is 444. The van der Waals surface area contributed by atoms with Gasteiger partial charge in [-0.2, -0.15) is 5.10 Å². The highest BCUT2D eigenvalue weighted by Gasteiger charge is 2.04. The number of carbonyl (C=O) groups is 1. The molecule has 0 bridgehead atoms. The molecule has 0 aliphatic carbocycles. The summed E-state index contributed by atoms with van der Waals surface area (Å²) in [4.78, 5) is 18.5. The van der Waals surface area contributed by atoms with Gasteiger partial charge in [-0.25, -0.2) is 9.97 Å². The van der Waals surface area contributed by atoms with Gasteiger partial charge >= 0.3 is 0 Å². The molecule has 0 fully saturated rings. The fourth-order valence-electron chi connectivity index (χ4n) is 1.17. The topological polar surface area (TPSA) is 65.6 Å². The lowest BCUT2D eigenvalue weighted by Crippen LogP contribution is -2.04. The molecule has 0 aliphatic rings. The molecule has 0 unspecified atom stereocenters. The van der Waals surface area contributed by atoms with E-state index in [1.165, 1.54) is 6.20 Å². The van der Waals surface area contributed by atoms with Crippen LogP contribution in [0.2, 0.25) is 0 Å². The van der Waals surface area contributed by atoms with E-state index in [1.54, 1.807) is 29.0 Å². The average molecular weight is 191 g/mol. The van der Waals surface area contributed by atoms with Crippen molar-refractivity contribution in [3.63, 3.8) is 0 Å². The molecular formula is C8H9N5O. The quantitative estimate of drug-likeness (QED) is 0.634. The third-order valence-electron chi connectivity index (χ3n) is 1.82. The summed E-state index contributed by atoms with van der Waals surface area (Å²) < 4.78 is 3.31. The summed E-state index contributed by atoms with van der Waals surface area (Å²) in [6.07, 6.45) is 5.47. The Kier molecular flexibility index (Phi) is 2.10. The molecule has 2 rings (SSSR count). The van der Waals surface area contributed by atoms with Gasteiger partial charge in [-0.05, 0) is 0 Å². The molecule has 2 aromatic rings. The van der Waals surface area contributed by atoms with Crippen LogP contribution in [0.5, 0.6) is 0 Å². The molecule has 14 heavy (non-hydrogen) atoms. The fraction of sp³-hybridized carbons (Fsp3) is 0.250. The average Bonchev–Trinajstić information content (AvgIpc) is 2.76. The molecule has 0 radical (unpaired) electrons. The molecule has 2 aromatic heterocycles. The summed E-state index contributed by atoms with van der Waals surface area (Å²) in [5.41, 5.74) is 0.525. The molecule has 0 atom stereocenters. The summed E-state index contributed by atoms with van der Waals surface area (Å²) in [6.45, 7) is 0.467. The molecule has 72 valence electrons. The van der Waals surface area contributed by atoms with E-state index in [2.05, 4.69) is 15.1 Å². The van der Waals surface area contributed by atoms with Gasteiger partial charge in [-0.3, -0.25) is 9.48 Å². The Hall–Kier alpha value is -1.98. The predicted octanol–water partition coefficient (Wildman–Crippen LogP) is -0.128. The van der Waals surface area contributed by atoms with Crippen LogP contribution in [0.3, 0.4) is 0 Å². The third-order valence-corrected chi connectivity index (χ3v) is 1.82. The summed E-state index contributed by atoms with van der Waals surface area (Å²) in [6, 6.07) is 0. The van der Waals surface area contributed by atoms with Crippen LogP contribution in [0.15, 0.2) is 18.9 Å². The summed E-state index contributed by atoms with van der Waals surface area (Å²) in [7, 11) is 1.80. The van der Waals surface area contributed by atoms with Crippen molar-refractivity contribution in [2.45, 2.75) is 6.54 Å². The van der Waals surface area contributed by atoms with Gasteiger partial charge in [0.05, 0.1) is 19.1 Å². The number of hydrogen-bond acceptors (Lipinski definition) is 4. The minimum absolute atomic E-state index is 0.467. The molecule has 0 aliphatic heterocycles. The molecule has 0 saturated carbocycles. The van der Waals surface area contributed by atoms with E-state index in [0.717, 1.165) is 6.29 Å². The van der Waals surface area contributed by atoms with E-state index in [4.69, 9.17) is 0 Å². The largest absolute Gasteiger partial charge is 0.321 e. The van der Waals surface area contributed by atoms with E-state index >= 15 is 0 Å². The van der Waals surface area contributed by atoms with Crippen LogP contribution in [-0.2, 0) is 13.6 Å². The number of imidazole rings is 1. The van der Waals surface area contributed by atoms with E-state index < -0.39 is 0 Å². The molecule has 0 spiro atoms. The van der Waals surface area contributed by atoms with Gasteiger partial charge in [0.2, 0.25) is 0 Å². The zero-order valence-electron chi connectivity index (χ0n) is 7.66. The van der Waals surface area contributed by atoms with Crippen molar-refractivity contribution in [1.82, 2.24) is 24.3 Å². The van der Waals surface area contributed by atoms with Gasteiger partial charge in [0, 0.05) is 7.05 Å². The SMILES string of the molecule is Cn1cnc(Cn2cncc2C=O)n1. The number of rotatable bonds is 3. The molecule has 6 heteroatoms. The molecule has 0 amide bonds. The van der Waals surface area contributed by atoms with Crippen LogP contribution in [0.25, 0.3) is 0 Å². The fourth-order valence-corrected chi connectivity index (χ4v) is 1.17. The van der Waals surface area contributed by atoms with Crippen LogP contribution in [0.4, 0.5) is 0 Å². The molecule has 6 nitrogen and oxygen atoms in total. The maximum atomic E-state index is 10.6. The first-order valence-electron chi connectivity index (χ1n) is 4.09. The number of hydrogen-bond donors (Lipinski definition) is 0. The monoisotopic (exact) mass is 191 g/mol. The van der Waals surface area contributed by atoms with Crippen molar-refractivity contribution in [2.75, 3.05) is 0 Å². The van der Waals surface area contributed by atoms with Crippen LogP contribution >= 0.6 is 0 Å². The molecular weight excluding hydrogens is 182 g/mol. The second-order valence-corrected chi connectivity index (χ2v) is 2.90. The highest BCUT2D eigenvalue weighted by molar-refractivity contribution is 5.71. The van der Waals surface area contributed by atoms with E-state index in [1.807, 2.05) is 0 Å². The Labute approximate surface area is 80.2 Å². The van der Waals surface area contributed by atoms with Gasteiger partial charge in [0.25, 0.3) is 0 Å². The second-order valence-electron chi connectivity index (χ2n) is 2.90. The zero-order valence-corrected chi connectivity index (χ0v) is 7.66. The predicted molar refractivity (Wildman–Crippen MR) is 47.7 cm³/mol.